The second-order valence-corrected chi connectivity index (χ2v) is 8.06. The summed E-state index contributed by atoms with van der Waals surface area (Å²) in [4.78, 5) is 12.5. The highest BCUT2D eigenvalue weighted by atomic mass is 32.2. The molecule has 0 fully saturated rings. The topological polar surface area (TPSA) is 96.7 Å². The summed E-state index contributed by atoms with van der Waals surface area (Å²) in [7, 11) is -1.94. The van der Waals surface area contributed by atoms with Crippen LogP contribution in [0.5, 0.6) is 11.5 Å². The predicted octanol–water partition coefficient (Wildman–Crippen LogP) is 2.50. The Morgan fingerprint density at radius 2 is 1.96 bits per heavy atom. The molecule has 0 atom stereocenters. The molecule has 3 rings (SSSR count). The fraction of sp³-hybridized carbons (Fsp3) is 0.263. The van der Waals surface area contributed by atoms with E-state index in [1.165, 1.54) is 35.9 Å². The van der Waals surface area contributed by atoms with Crippen molar-refractivity contribution in [2.24, 2.45) is 0 Å². The van der Waals surface area contributed by atoms with Gasteiger partial charge in [0.2, 0.25) is 10.0 Å². The summed E-state index contributed by atoms with van der Waals surface area (Å²) in [5.74, 6) is -0.0992. The van der Waals surface area contributed by atoms with Crippen LogP contribution in [0.3, 0.4) is 0 Å². The average molecular weight is 386 g/mol. The Bertz CT molecular complexity index is 1040. The van der Waals surface area contributed by atoms with Crippen LogP contribution in [0.1, 0.15) is 27.9 Å². The minimum Gasteiger partial charge on any atom is -0.493 e. The van der Waals surface area contributed by atoms with Gasteiger partial charge in [-0.15, -0.1) is 0 Å². The first-order valence-corrected chi connectivity index (χ1v) is 10.1. The Hall–Kier alpha value is -3.05. The number of methoxy groups -OCH3 is 1. The maximum Gasteiger partial charge on any atom is 0.343 e. The second-order valence-electron chi connectivity index (χ2n) is 6.15. The molecule has 0 spiro atoms. The fourth-order valence-corrected chi connectivity index (χ4v) is 4.01. The number of ether oxygens (including phenoxy) is 2. The number of carbonyl (C=O) groups is 1. The molecule has 7 nitrogen and oxygen atoms in total. The first kappa shape index (κ1) is 18.7. The summed E-state index contributed by atoms with van der Waals surface area (Å²) in [5, 5.41) is 8.94. The molecule has 0 N–H and O–H groups in total. The van der Waals surface area contributed by atoms with Crippen molar-refractivity contribution in [3.8, 4) is 17.6 Å². The molecule has 2 aromatic rings. The highest BCUT2D eigenvalue weighted by Crippen LogP contribution is 2.32. The Balaban J connectivity index is 1.88. The zero-order valence-electron chi connectivity index (χ0n) is 14.9. The molecule has 0 aromatic heterocycles. The first-order valence-electron chi connectivity index (χ1n) is 8.24. The van der Waals surface area contributed by atoms with E-state index in [4.69, 9.17) is 14.7 Å². The number of carbonyl (C=O) groups excluding carboxylic acids is 1. The maximum atomic E-state index is 12.5. The minimum absolute atomic E-state index is 0.206. The maximum absolute atomic E-state index is 12.5. The van der Waals surface area contributed by atoms with E-state index in [2.05, 4.69) is 0 Å². The average Bonchev–Trinajstić information content (AvgIpc) is 2.66. The van der Waals surface area contributed by atoms with Crippen molar-refractivity contribution >= 4 is 21.7 Å². The van der Waals surface area contributed by atoms with Crippen LogP contribution < -0.4 is 13.8 Å². The normalized spacial score (nSPS) is 13.4. The third kappa shape index (κ3) is 3.88. The quantitative estimate of drug-likeness (QED) is 0.592. The summed E-state index contributed by atoms with van der Waals surface area (Å²) in [6.45, 7) is 0.429. The van der Waals surface area contributed by atoms with Crippen molar-refractivity contribution < 1.29 is 22.7 Å². The van der Waals surface area contributed by atoms with Gasteiger partial charge in [0.25, 0.3) is 0 Å². The van der Waals surface area contributed by atoms with Crippen molar-refractivity contribution in [2.45, 2.75) is 12.8 Å². The number of hydrogen-bond acceptors (Lipinski definition) is 6. The molecule has 1 heterocycles. The number of anilines is 1. The number of rotatable bonds is 4. The van der Waals surface area contributed by atoms with Crippen molar-refractivity contribution in [1.82, 2.24) is 0 Å². The van der Waals surface area contributed by atoms with Crippen LogP contribution in [0, 0.1) is 11.3 Å². The van der Waals surface area contributed by atoms with Crippen molar-refractivity contribution in [1.29, 1.82) is 5.26 Å². The van der Waals surface area contributed by atoms with Gasteiger partial charge >= 0.3 is 5.97 Å². The van der Waals surface area contributed by atoms with Crippen LogP contribution >= 0.6 is 0 Å². The van der Waals surface area contributed by atoms with Gasteiger partial charge in [-0.1, -0.05) is 0 Å². The molecule has 1 aliphatic heterocycles. The number of hydrogen-bond donors (Lipinski definition) is 0. The molecule has 0 radical (unpaired) electrons. The van der Waals surface area contributed by atoms with Gasteiger partial charge in [0.15, 0.2) is 11.5 Å². The molecule has 0 saturated heterocycles. The molecule has 1 aliphatic rings. The number of nitriles is 1. The van der Waals surface area contributed by atoms with Crippen molar-refractivity contribution in [3.63, 3.8) is 0 Å². The number of esters is 1. The van der Waals surface area contributed by atoms with Crippen LogP contribution in [-0.4, -0.2) is 34.3 Å². The molecular formula is C19H18N2O5S. The Kier molecular flexibility index (Phi) is 5.06. The van der Waals surface area contributed by atoms with E-state index in [-0.39, 0.29) is 11.5 Å². The lowest BCUT2D eigenvalue weighted by atomic mass is 10.0. The summed E-state index contributed by atoms with van der Waals surface area (Å²) in [5.41, 5.74) is 2.08. The van der Waals surface area contributed by atoms with Crippen LogP contribution in [0.2, 0.25) is 0 Å². The summed E-state index contributed by atoms with van der Waals surface area (Å²) < 4.78 is 35.8. The van der Waals surface area contributed by atoms with Gasteiger partial charge in [0.1, 0.15) is 0 Å². The Morgan fingerprint density at radius 3 is 2.63 bits per heavy atom. The largest absolute Gasteiger partial charge is 0.493 e. The standard InChI is InChI=1S/C19H18N2O5S/c1-25-18-10-13(12-20)5-8-17(18)26-19(22)15-6-7-16-14(11-15)4-3-9-21(16)27(2,23)24/h5-8,10-11H,3-4,9H2,1-2H3. The SMILES string of the molecule is COc1cc(C#N)ccc1OC(=O)c1ccc2c(c1)CCCN2S(C)(=O)=O. The smallest absolute Gasteiger partial charge is 0.343 e. The van der Waals surface area contributed by atoms with E-state index in [9.17, 15) is 13.2 Å². The third-order valence-corrected chi connectivity index (χ3v) is 5.47. The van der Waals surface area contributed by atoms with Gasteiger partial charge in [0, 0.05) is 12.6 Å². The number of fused-ring (bicyclic) bond motifs is 1. The molecule has 0 unspecified atom stereocenters. The van der Waals surface area contributed by atoms with Crippen molar-refractivity contribution in [3.05, 3.63) is 53.1 Å². The van der Waals surface area contributed by atoms with Gasteiger partial charge in [-0.2, -0.15) is 5.26 Å². The molecule has 2 aromatic carbocycles. The van der Waals surface area contributed by atoms with Gasteiger partial charge in [0.05, 0.1) is 36.2 Å². The molecule has 0 bridgehead atoms. The Labute approximate surface area is 157 Å². The molecule has 140 valence electrons. The van der Waals surface area contributed by atoms with Crippen LogP contribution in [0.15, 0.2) is 36.4 Å². The zero-order chi connectivity index (χ0) is 19.6. The first-order chi connectivity index (χ1) is 12.8. The molecular weight excluding hydrogens is 368 g/mol. The molecule has 0 amide bonds. The van der Waals surface area contributed by atoms with Crippen LogP contribution in [0.4, 0.5) is 5.69 Å². The zero-order valence-corrected chi connectivity index (χ0v) is 15.7. The van der Waals surface area contributed by atoms with E-state index < -0.39 is 16.0 Å². The third-order valence-electron chi connectivity index (χ3n) is 4.29. The molecule has 8 heteroatoms. The summed E-state index contributed by atoms with van der Waals surface area (Å²) in [6, 6.07) is 11.3. The highest BCUT2D eigenvalue weighted by molar-refractivity contribution is 7.92. The number of benzene rings is 2. The van der Waals surface area contributed by atoms with Crippen molar-refractivity contribution in [2.75, 3.05) is 24.2 Å². The summed E-state index contributed by atoms with van der Waals surface area (Å²) in [6.07, 6.45) is 2.53. The van der Waals surface area contributed by atoms with Gasteiger partial charge in [-0.3, -0.25) is 4.31 Å². The summed E-state index contributed by atoms with van der Waals surface area (Å²) >= 11 is 0. The highest BCUT2D eigenvalue weighted by Gasteiger charge is 2.25. The number of sulfonamides is 1. The van der Waals surface area contributed by atoms with E-state index in [0.717, 1.165) is 5.56 Å². The Morgan fingerprint density at radius 1 is 1.19 bits per heavy atom. The van der Waals surface area contributed by atoms with Gasteiger partial charge < -0.3 is 9.47 Å². The van der Waals surface area contributed by atoms with E-state index in [1.54, 1.807) is 18.2 Å². The lowest BCUT2D eigenvalue weighted by molar-refractivity contribution is 0.0729. The predicted molar refractivity (Wildman–Crippen MR) is 99.6 cm³/mol. The molecule has 0 saturated carbocycles. The van der Waals surface area contributed by atoms with Crippen LogP contribution in [-0.2, 0) is 16.4 Å². The van der Waals surface area contributed by atoms with E-state index in [0.29, 0.717) is 36.2 Å². The van der Waals surface area contributed by atoms with Gasteiger partial charge in [-0.25, -0.2) is 13.2 Å². The number of nitrogens with zero attached hydrogens (tertiary/aromatic N) is 2. The second kappa shape index (κ2) is 7.29. The molecule has 27 heavy (non-hydrogen) atoms. The minimum atomic E-state index is -3.36. The van der Waals surface area contributed by atoms with E-state index >= 15 is 0 Å². The lowest BCUT2D eigenvalue weighted by Gasteiger charge is -2.29. The monoisotopic (exact) mass is 386 g/mol. The fourth-order valence-electron chi connectivity index (χ4n) is 3.01. The van der Waals surface area contributed by atoms with Gasteiger partial charge in [-0.05, 0) is 48.7 Å². The van der Waals surface area contributed by atoms with Crippen LogP contribution in [0.25, 0.3) is 0 Å². The molecule has 0 aliphatic carbocycles. The lowest BCUT2D eigenvalue weighted by Crippen LogP contribution is -2.34. The van der Waals surface area contributed by atoms with E-state index in [1.807, 2.05) is 6.07 Å². The number of aryl methyl sites for hydroxylation is 1.